The predicted octanol–water partition coefficient (Wildman–Crippen LogP) is 1.85. The van der Waals surface area contributed by atoms with Gasteiger partial charge in [-0.05, 0) is 38.2 Å². The van der Waals surface area contributed by atoms with E-state index in [2.05, 4.69) is 45.5 Å². The highest BCUT2D eigenvalue weighted by molar-refractivity contribution is 7.98. The van der Waals surface area contributed by atoms with Gasteiger partial charge in [-0.25, -0.2) is 9.67 Å². The van der Waals surface area contributed by atoms with Crippen molar-refractivity contribution < 1.29 is 0 Å². The maximum absolute atomic E-state index is 4.70. The smallest absolute Gasteiger partial charge is 0.191 e. The molecule has 23 heavy (non-hydrogen) atoms. The number of nitrogens with one attached hydrogen (secondary N) is 2. The topological polar surface area (TPSA) is 67.1 Å². The predicted molar refractivity (Wildman–Crippen MR) is 98.2 cm³/mol. The molecular formula is C16H30N6S. The van der Waals surface area contributed by atoms with E-state index in [0.717, 1.165) is 62.9 Å². The van der Waals surface area contributed by atoms with E-state index in [1.165, 1.54) is 12.2 Å². The second-order valence-electron chi connectivity index (χ2n) is 5.82. The lowest BCUT2D eigenvalue weighted by Crippen LogP contribution is -2.47. The van der Waals surface area contributed by atoms with Crippen molar-refractivity contribution in [3.63, 3.8) is 0 Å². The van der Waals surface area contributed by atoms with Gasteiger partial charge in [0, 0.05) is 32.0 Å². The molecular weight excluding hydrogens is 308 g/mol. The zero-order valence-corrected chi connectivity index (χ0v) is 15.5. The monoisotopic (exact) mass is 338 g/mol. The van der Waals surface area contributed by atoms with Crippen LogP contribution in [0.25, 0.3) is 0 Å². The second-order valence-corrected chi connectivity index (χ2v) is 6.81. The van der Waals surface area contributed by atoms with Gasteiger partial charge in [0.15, 0.2) is 11.8 Å². The van der Waals surface area contributed by atoms with Gasteiger partial charge in [0.25, 0.3) is 0 Å². The summed E-state index contributed by atoms with van der Waals surface area (Å²) in [5.74, 6) is 4.23. The molecule has 1 aromatic heterocycles. The van der Waals surface area contributed by atoms with Crippen LogP contribution in [0, 0.1) is 0 Å². The normalized spacial score (nSPS) is 17.9. The summed E-state index contributed by atoms with van der Waals surface area (Å²) in [6.45, 7) is 6.85. The molecule has 0 saturated heterocycles. The number of aromatic nitrogens is 3. The minimum Gasteiger partial charge on any atom is -0.357 e. The number of thioether (sulfide) groups is 1. The summed E-state index contributed by atoms with van der Waals surface area (Å²) in [5.41, 5.74) is 0. The number of nitrogens with zero attached hydrogens (tertiary/aromatic N) is 4. The van der Waals surface area contributed by atoms with Gasteiger partial charge < -0.3 is 10.6 Å². The SMILES string of the molecule is CCNC(=NCCCCSC)NC1CCc2nc(CC)nn2C1. The number of aliphatic imine (C=N–C) groups is 1. The van der Waals surface area contributed by atoms with Crippen molar-refractivity contribution >= 4 is 17.7 Å². The zero-order chi connectivity index (χ0) is 16.5. The van der Waals surface area contributed by atoms with E-state index < -0.39 is 0 Å². The van der Waals surface area contributed by atoms with Gasteiger partial charge in [0.1, 0.15) is 5.82 Å². The maximum Gasteiger partial charge on any atom is 0.191 e. The maximum atomic E-state index is 4.70. The number of aryl methyl sites for hydroxylation is 2. The molecule has 0 amide bonds. The molecule has 2 N–H and O–H groups in total. The molecule has 2 heterocycles. The van der Waals surface area contributed by atoms with Gasteiger partial charge in [-0.2, -0.15) is 16.9 Å². The Hall–Kier alpha value is -1.24. The first kappa shape index (κ1) is 18.1. The number of hydrogen-bond acceptors (Lipinski definition) is 4. The summed E-state index contributed by atoms with van der Waals surface area (Å²) in [6, 6.07) is 0.373. The molecule has 0 aliphatic carbocycles. The average molecular weight is 339 g/mol. The Bertz CT molecular complexity index is 499. The molecule has 0 spiro atoms. The fourth-order valence-corrected chi connectivity index (χ4v) is 3.18. The number of guanidine groups is 1. The molecule has 1 aromatic rings. The van der Waals surface area contributed by atoms with Crippen LogP contribution in [0.4, 0.5) is 0 Å². The molecule has 0 bridgehead atoms. The van der Waals surface area contributed by atoms with Gasteiger partial charge in [-0.15, -0.1) is 0 Å². The van der Waals surface area contributed by atoms with E-state index in [1.54, 1.807) is 0 Å². The van der Waals surface area contributed by atoms with Crippen LogP contribution in [0.3, 0.4) is 0 Å². The molecule has 130 valence electrons. The Kier molecular flexibility index (Phi) is 7.71. The molecule has 0 saturated carbocycles. The van der Waals surface area contributed by atoms with Crippen molar-refractivity contribution in [2.45, 2.75) is 58.5 Å². The van der Waals surface area contributed by atoms with Crippen molar-refractivity contribution in [3.8, 4) is 0 Å². The third kappa shape index (κ3) is 5.71. The molecule has 0 radical (unpaired) electrons. The summed E-state index contributed by atoms with van der Waals surface area (Å²) < 4.78 is 2.06. The van der Waals surface area contributed by atoms with Gasteiger partial charge in [0.2, 0.25) is 0 Å². The lowest BCUT2D eigenvalue weighted by atomic mass is 10.1. The van der Waals surface area contributed by atoms with Gasteiger partial charge in [-0.1, -0.05) is 6.92 Å². The molecule has 0 aromatic carbocycles. The average Bonchev–Trinajstić information content (AvgIpc) is 2.97. The second kappa shape index (κ2) is 9.80. The Morgan fingerprint density at radius 2 is 2.26 bits per heavy atom. The summed E-state index contributed by atoms with van der Waals surface area (Å²) in [4.78, 5) is 9.27. The largest absolute Gasteiger partial charge is 0.357 e. The molecule has 1 aliphatic rings. The highest BCUT2D eigenvalue weighted by Crippen LogP contribution is 2.13. The molecule has 2 rings (SSSR count). The van der Waals surface area contributed by atoms with E-state index in [0.29, 0.717) is 6.04 Å². The lowest BCUT2D eigenvalue weighted by Gasteiger charge is -2.25. The van der Waals surface area contributed by atoms with E-state index in [9.17, 15) is 0 Å². The Labute approximate surface area is 143 Å². The zero-order valence-electron chi connectivity index (χ0n) is 14.6. The summed E-state index contributed by atoms with van der Waals surface area (Å²) in [5, 5.41) is 11.5. The molecule has 6 nitrogen and oxygen atoms in total. The van der Waals surface area contributed by atoms with Crippen LogP contribution in [0.5, 0.6) is 0 Å². The molecule has 7 heteroatoms. The van der Waals surface area contributed by atoms with Crippen LogP contribution in [0.15, 0.2) is 4.99 Å². The van der Waals surface area contributed by atoms with Crippen LogP contribution < -0.4 is 10.6 Å². The van der Waals surface area contributed by atoms with Crippen molar-refractivity contribution in [3.05, 3.63) is 11.6 Å². The number of fused-ring (bicyclic) bond motifs is 1. The highest BCUT2D eigenvalue weighted by atomic mass is 32.2. The quantitative estimate of drug-likeness (QED) is 0.430. The molecule has 1 atom stereocenters. The fraction of sp³-hybridized carbons (Fsp3) is 0.812. The van der Waals surface area contributed by atoms with Crippen molar-refractivity contribution in [1.82, 2.24) is 25.4 Å². The number of unbranched alkanes of at least 4 members (excludes halogenated alkanes) is 1. The van der Waals surface area contributed by atoms with E-state index in [4.69, 9.17) is 4.99 Å². The number of rotatable bonds is 8. The first-order valence-corrected chi connectivity index (χ1v) is 10.1. The van der Waals surface area contributed by atoms with Crippen molar-refractivity contribution in [1.29, 1.82) is 0 Å². The minimum atomic E-state index is 0.373. The first-order chi connectivity index (χ1) is 11.3. The van der Waals surface area contributed by atoms with E-state index in [-0.39, 0.29) is 0 Å². The minimum absolute atomic E-state index is 0.373. The summed E-state index contributed by atoms with van der Waals surface area (Å²) >= 11 is 1.90. The molecule has 1 aliphatic heterocycles. The van der Waals surface area contributed by atoms with Crippen molar-refractivity contribution in [2.75, 3.05) is 25.1 Å². The van der Waals surface area contributed by atoms with Gasteiger partial charge in [0.05, 0.1) is 6.54 Å². The van der Waals surface area contributed by atoms with E-state index in [1.807, 2.05) is 11.8 Å². The first-order valence-electron chi connectivity index (χ1n) is 8.73. The fourth-order valence-electron chi connectivity index (χ4n) is 2.69. The Morgan fingerprint density at radius 1 is 1.39 bits per heavy atom. The molecule has 0 fully saturated rings. The standard InChI is InChI=1S/C16H30N6S/c1-4-14-20-15-9-8-13(12-22(15)21-14)19-16(17-5-2)18-10-6-7-11-23-3/h13H,4-12H2,1-3H3,(H2,17,18,19). The summed E-state index contributed by atoms with van der Waals surface area (Å²) in [6.07, 6.45) is 7.50. The Balaban J connectivity index is 1.86. The third-order valence-corrected chi connectivity index (χ3v) is 4.63. The lowest BCUT2D eigenvalue weighted by molar-refractivity contribution is 0.392. The summed E-state index contributed by atoms with van der Waals surface area (Å²) in [7, 11) is 0. The van der Waals surface area contributed by atoms with Crippen molar-refractivity contribution in [2.24, 2.45) is 4.99 Å². The van der Waals surface area contributed by atoms with Crippen LogP contribution >= 0.6 is 11.8 Å². The van der Waals surface area contributed by atoms with Crippen LogP contribution in [0.1, 0.15) is 44.8 Å². The number of hydrogen-bond donors (Lipinski definition) is 2. The van der Waals surface area contributed by atoms with Crippen LogP contribution in [0.2, 0.25) is 0 Å². The third-order valence-electron chi connectivity index (χ3n) is 3.93. The van der Waals surface area contributed by atoms with Gasteiger partial charge in [-0.3, -0.25) is 4.99 Å². The Morgan fingerprint density at radius 3 is 3.00 bits per heavy atom. The van der Waals surface area contributed by atoms with Gasteiger partial charge >= 0.3 is 0 Å². The van der Waals surface area contributed by atoms with Crippen LogP contribution in [-0.2, 0) is 19.4 Å². The molecule has 1 unspecified atom stereocenters. The van der Waals surface area contributed by atoms with Crippen LogP contribution in [-0.4, -0.2) is 51.9 Å². The van der Waals surface area contributed by atoms with E-state index >= 15 is 0 Å². The highest BCUT2D eigenvalue weighted by Gasteiger charge is 2.21.